The molecule has 0 bridgehead atoms. The average molecular weight is 186 g/mol. The standard InChI is InChI=1S/C9H18N2O2/c12-2-1-7-5-11-6-9(13)3-8(11)4-10-7/h7-10,12-13H,1-6H2/t7-,8?,9-/m1/s1. The van der Waals surface area contributed by atoms with Gasteiger partial charge in [-0.1, -0.05) is 0 Å². The Bertz CT molecular complexity index is 177. The van der Waals surface area contributed by atoms with Crippen LogP contribution in [0.25, 0.3) is 0 Å². The first-order chi connectivity index (χ1) is 6.29. The van der Waals surface area contributed by atoms with Crippen molar-refractivity contribution in [3.8, 4) is 0 Å². The molecule has 1 unspecified atom stereocenters. The third-order valence-corrected chi connectivity index (χ3v) is 3.08. The van der Waals surface area contributed by atoms with Crippen molar-refractivity contribution in [1.29, 1.82) is 0 Å². The molecule has 2 aliphatic rings. The Morgan fingerprint density at radius 2 is 2.23 bits per heavy atom. The first-order valence-corrected chi connectivity index (χ1v) is 5.06. The van der Waals surface area contributed by atoms with Crippen LogP contribution in [0.15, 0.2) is 0 Å². The van der Waals surface area contributed by atoms with E-state index in [2.05, 4.69) is 10.2 Å². The summed E-state index contributed by atoms with van der Waals surface area (Å²) in [6.07, 6.45) is 1.58. The first-order valence-electron chi connectivity index (χ1n) is 5.06. The number of hydrogen-bond acceptors (Lipinski definition) is 4. The lowest BCUT2D eigenvalue weighted by atomic mass is 10.1. The number of nitrogens with one attached hydrogen (secondary N) is 1. The molecule has 3 atom stereocenters. The van der Waals surface area contributed by atoms with Crippen molar-refractivity contribution < 1.29 is 10.2 Å². The van der Waals surface area contributed by atoms with Crippen LogP contribution in [0.1, 0.15) is 12.8 Å². The molecule has 0 radical (unpaired) electrons. The summed E-state index contributed by atoms with van der Waals surface area (Å²) < 4.78 is 0. The van der Waals surface area contributed by atoms with Gasteiger partial charge in [0.05, 0.1) is 6.10 Å². The maximum absolute atomic E-state index is 9.46. The molecule has 0 aromatic carbocycles. The van der Waals surface area contributed by atoms with Crippen LogP contribution in [0.3, 0.4) is 0 Å². The van der Waals surface area contributed by atoms with Crippen LogP contribution in [0.4, 0.5) is 0 Å². The van der Waals surface area contributed by atoms with Gasteiger partial charge in [0.1, 0.15) is 0 Å². The Kier molecular flexibility index (Phi) is 2.83. The summed E-state index contributed by atoms with van der Waals surface area (Å²) in [4.78, 5) is 2.33. The number of aliphatic hydroxyl groups excluding tert-OH is 2. The van der Waals surface area contributed by atoms with Gasteiger partial charge in [-0.15, -0.1) is 0 Å². The van der Waals surface area contributed by atoms with Crippen LogP contribution in [0, 0.1) is 0 Å². The van der Waals surface area contributed by atoms with Gasteiger partial charge in [0.25, 0.3) is 0 Å². The van der Waals surface area contributed by atoms with Gasteiger partial charge in [-0.05, 0) is 12.8 Å². The number of hydrogen-bond donors (Lipinski definition) is 3. The number of nitrogens with zero attached hydrogens (tertiary/aromatic N) is 1. The largest absolute Gasteiger partial charge is 0.396 e. The Morgan fingerprint density at radius 3 is 3.00 bits per heavy atom. The van der Waals surface area contributed by atoms with Crippen molar-refractivity contribution in [2.45, 2.75) is 31.0 Å². The maximum atomic E-state index is 9.46. The van der Waals surface area contributed by atoms with E-state index >= 15 is 0 Å². The van der Waals surface area contributed by atoms with E-state index in [1.54, 1.807) is 0 Å². The summed E-state index contributed by atoms with van der Waals surface area (Å²) in [6, 6.07) is 0.927. The molecule has 2 aliphatic heterocycles. The van der Waals surface area contributed by atoms with Gasteiger partial charge >= 0.3 is 0 Å². The monoisotopic (exact) mass is 186 g/mol. The fourth-order valence-corrected chi connectivity index (χ4v) is 2.39. The zero-order valence-corrected chi connectivity index (χ0v) is 7.82. The molecule has 0 spiro atoms. The number of piperazine rings is 1. The second-order valence-electron chi connectivity index (χ2n) is 4.11. The Morgan fingerprint density at radius 1 is 1.38 bits per heavy atom. The minimum absolute atomic E-state index is 0.139. The lowest BCUT2D eigenvalue weighted by Crippen LogP contribution is -2.54. The van der Waals surface area contributed by atoms with Gasteiger partial charge in [0.2, 0.25) is 0 Å². The van der Waals surface area contributed by atoms with E-state index in [1.807, 2.05) is 0 Å². The number of fused-ring (bicyclic) bond motifs is 1. The Balaban J connectivity index is 1.86. The van der Waals surface area contributed by atoms with Crippen molar-refractivity contribution in [3.63, 3.8) is 0 Å². The predicted octanol–water partition coefficient (Wildman–Crippen LogP) is -1.22. The lowest BCUT2D eigenvalue weighted by Gasteiger charge is -2.35. The second kappa shape index (κ2) is 3.92. The van der Waals surface area contributed by atoms with Crippen molar-refractivity contribution in [2.24, 2.45) is 0 Å². The molecule has 0 saturated carbocycles. The van der Waals surface area contributed by atoms with E-state index in [1.165, 1.54) is 0 Å². The normalized spacial score (nSPS) is 40.6. The first kappa shape index (κ1) is 9.40. The molecule has 0 amide bonds. The minimum atomic E-state index is -0.139. The number of rotatable bonds is 2. The molecule has 2 fully saturated rings. The predicted molar refractivity (Wildman–Crippen MR) is 49.5 cm³/mol. The van der Waals surface area contributed by atoms with Gasteiger partial charge in [-0.2, -0.15) is 0 Å². The summed E-state index contributed by atoms with van der Waals surface area (Å²) in [5, 5.41) is 21.7. The maximum Gasteiger partial charge on any atom is 0.0682 e. The zero-order valence-electron chi connectivity index (χ0n) is 7.82. The summed E-state index contributed by atoms with van der Waals surface area (Å²) in [7, 11) is 0. The summed E-state index contributed by atoms with van der Waals surface area (Å²) in [6.45, 7) is 3.00. The van der Waals surface area contributed by atoms with Gasteiger partial charge in [-0.25, -0.2) is 0 Å². The topological polar surface area (TPSA) is 55.7 Å². The van der Waals surface area contributed by atoms with Crippen LogP contribution in [0.5, 0.6) is 0 Å². The quantitative estimate of drug-likeness (QED) is 0.506. The molecule has 0 aliphatic carbocycles. The van der Waals surface area contributed by atoms with E-state index in [9.17, 15) is 5.11 Å². The van der Waals surface area contributed by atoms with E-state index in [-0.39, 0.29) is 12.7 Å². The second-order valence-corrected chi connectivity index (χ2v) is 4.11. The summed E-state index contributed by atoms with van der Waals surface area (Å²) >= 11 is 0. The third kappa shape index (κ3) is 2.02. The molecule has 13 heavy (non-hydrogen) atoms. The third-order valence-electron chi connectivity index (χ3n) is 3.08. The van der Waals surface area contributed by atoms with Crippen molar-refractivity contribution in [1.82, 2.24) is 10.2 Å². The molecular formula is C9H18N2O2. The van der Waals surface area contributed by atoms with Crippen molar-refractivity contribution in [2.75, 3.05) is 26.2 Å². The highest BCUT2D eigenvalue weighted by Gasteiger charge is 2.35. The van der Waals surface area contributed by atoms with Gasteiger partial charge in [0.15, 0.2) is 0 Å². The highest BCUT2D eigenvalue weighted by molar-refractivity contribution is 4.93. The van der Waals surface area contributed by atoms with E-state index < -0.39 is 0 Å². The molecule has 3 N–H and O–H groups in total. The van der Waals surface area contributed by atoms with E-state index in [0.29, 0.717) is 12.1 Å². The highest BCUT2D eigenvalue weighted by atomic mass is 16.3. The minimum Gasteiger partial charge on any atom is -0.396 e. The SMILES string of the molecule is OCC[C@@H]1CN2C[C@H](O)CC2CN1. The van der Waals surface area contributed by atoms with Crippen LogP contribution < -0.4 is 5.32 Å². The fraction of sp³-hybridized carbons (Fsp3) is 1.00. The molecule has 2 saturated heterocycles. The summed E-state index contributed by atoms with van der Waals surface area (Å²) in [5.41, 5.74) is 0. The fourth-order valence-electron chi connectivity index (χ4n) is 2.39. The molecule has 76 valence electrons. The molecule has 0 aromatic rings. The van der Waals surface area contributed by atoms with E-state index in [0.717, 1.165) is 32.5 Å². The average Bonchev–Trinajstić information content (AvgIpc) is 2.44. The molecule has 2 heterocycles. The van der Waals surface area contributed by atoms with E-state index in [4.69, 9.17) is 5.11 Å². The van der Waals surface area contributed by atoms with Gasteiger partial charge in [0, 0.05) is 38.3 Å². The summed E-state index contributed by atoms with van der Waals surface area (Å²) in [5.74, 6) is 0. The van der Waals surface area contributed by atoms with Gasteiger partial charge in [-0.3, -0.25) is 4.90 Å². The molecule has 2 rings (SSSR count). The number of aliphatic hydroxyl groups is 2. The molecule has 4 nitrogen and oxygen atoms in total. The van der Waals surface area contributed by atoms with Crippen LogP contribution in [0.2, 0.25) is 0 Å². The van der Waals surface area contributed by atoms with Crippen LogP contribution >= 0.6 is 0 Å². The zero-order chi connectivity index (χ0) is 9.26. The molecular weight excluding hydrogens is 168 g/mol. The Labute approximate surface area is 78.5 Å². The van der Waals surface area contributed by atoms with Crippen LogP contribution in [-0.2, 0) is 0 Å². The van der Waals surface area contributed by atoms with Gasteiger partial charge < -0.3 is 15.5 Å². The van der Waals surface area contributed by atoms with Crippen molar-refractivity contribution >= 4 is 0 Å². The van der Waals surface area contributed by atoms with Crippen LogP contribution in [-0.4, -0.2) is 59.5 Å². The van der Waals surface area contributed by atoms with Crippen molar-refractivity contribution in [3.05, 3.63) is 0 Å². The highest BCUT2D eigenvalue weighted by Crippen LogP contribution is 2.20. The smallest absolute Gasteiger partial charge is 0.0682 e. The lowest BCUT2D eigenvalue weighted by molar-refractivity contribution is 0.141. The molecule has 0 aromatic heterocycles. The Hall–Kier alpha value is -0.160. The molecule has 4 heteroatoms.